The van der Waals surface area contributed by atoms with E-state index in [4.69, 9.17) is 22.1 Å². The number of hydrogen-bond donors (Lipinski definition) is 2. The normalized spacial score (nSPS) is 14.6. The second-order valence-corrected chi connectivity index (χ2v) is 11.7. The number of carbonyl (C=O) groups excluding carboxylic acids is 1. The second-order valence-electron chi connectivity index (χ2n) is 11.2. The first-order chi connectivity index (χ1) is 20.2. The van der Waals surface area contributed by atoms with Crippen LogP contribution in [0.4, 0.5) is 10.2 Å². The van der Waals surface area contributed by atoms with Gasteiger partial charge in [0.1, 0.15) is 23.1 Å². The molecule has 0 radical (unpaired) electrons. The molecule has 0 aliphatic carbocycles. The van der Waals surface area contributed by atoms with Crippen molar-refractivity contribution in [3.63, 3.8) is 0 Å². The van der Waals surface area contributed by atoms with E-state index in [1.807, 2.05) is 43.3 Å². The molecule has 0 saturated carbocycles. The highest BCUT2D eigenvalue weighted by Crippen LogP contribution is 2.34. The predicted molar refractivity (Wildman–Crippen MR) is 165 cm³/mol. The molecule has 3 N–H and O–H groups in total. The molecule has 3 aromatic carbocycles. The molecular formula is C33H33ClFN5O2. The number of aryl methyl sites for hydroxylation is 1. The third-order valence-electron chi connectivity index (χ3n) is 8.16. The summed E-state index contributed by atoms with van der Waals surface area (Å²) in [6, 6.07) is 18.3. The molecule has 0 unspecified atom stereocenters. The summed E-state index contributed by atoms with van der Waals surface area (Å²) in [7, 11) is 0. The van der Waals surface area contributed by atoms with Crippen LogP contribution in [-0.4, -0.2) is 44.6 Å². The molecule has 0 atom stereocenters. The molecule has 0 bridgehead atoms. The molecular weight excluding hydrogens is 553 g/mol. The van der Waals surface area contributed by atoms with Crippen LogP contribution in [0, 0.1) is 12.7 Å². The summed E-state index contributed by atoms with van der Waals surface area (Å²) >= 11 is 6.07. The van der Waals surface area contributed by atoms with Gasteiger partial charge in [0, 0.05) is 22.0 Å². The summed E-state index contributed by atoms with van der Waals surface area (Å²) in [5, 5.41) is 5.81. The molecule has 7 nitrogen and oxygen atoms in total. The minimum absolute atomic E-state index is 0.165. The van der Waals surface area contributed by atoms with Crippen LogP contribution in [0.5, 0.6) is 11.5 Å². The lowest BCUT2D eigenvalue weighted by Crippen LogP contribution is -2.37. The van der Waals surface area contributed by atoms with Gasteiger partial charge in [0.2, 0.25) is 5.78 Å². The average Bonchev–Trinajstić information content (AvgIpc) is 3.55. The average molecular weight is 586 g/mol. The largest absolute Gasteiger partial charge is 0.457 e. The number of nitrogens with two attached hydrogens (primary N) is 1. The molecule has 2 aromatic heterocycles. The maximum Gasteiger partial charge on any atom is 0.214 e. The first-order valence-corrected chi connectivity index (χ1v) is 14.5. The Bertz CT molecular complexity index is 1780. The van der Waals surface area contributed by atoms with Gasteiger partial charge in [0.05, 0.1) is 23.1 Å². The maximum absolute atomic E-state index is 15.2. The van der Waals surface area contributed by atoms with Crippen LogP contribution in [0.15, 0.2) is 66.9 Å². The number of nitrogens with zero attached hydrogens (tertiary/aromatic N) is 3. The quantitative estimate of drug-likeness (QED) is 0.192. The molecule has 6 rings (SSSR count). The molecule has 1 aliphatic rings. The predicted octanol–water partition coefficient (Wildman–Crippen LogP) is 7.65. The van der Waals surface area contributed by atoms with E-state index in [2.05, 4.69) is 28.8 Å². The smallest absolute Gasteiger partial charge is 0.214 e. The highest BCUT2D eigenvalue weighted by molar-refractivity contribution is 6.30. The number of aromatic nitrogens is 3. The number of aromatic amines is 1. The number of ether oxygens (including phenoxy) is 1. The standard InChI is InChI=1S/C33H33ClFN5O2/c1-19(2)39-11-9-21(10-12-39)26-14-22-15-30(38-29(22)17-28(26)35)32(41)27-18-37-40(33(27)36)31-8-7-25(13-20(31)3)42-24-6-4-5-23(34)16-24/h4-8,13-19,21,38H,9-12,36H2,1-3H3. The van der Waals surface area contributed by atoms with E-state index >= 15 is 4.39 Å². The van der Waals surface area contributed by atoms with Crippen molar-refractivity contribution in [3.05, 3.63) is 100 Å². The number of hydrogen-bond acceptors (Lipinski definition) is 5. The zero-order valence-electron chi connectivity index (χ0n) is 23.8. The lowest BCUT2D eigenvalue weighted by molar-refractivity contribution is 0.103. The molecule has 9 heteroatoms. The third kappa shape index (κ3) is 5.40. The summed E-state index contributed by atoms with van der Waals surface area (Å²) in [5.41, 5.74) is 9.93. The number of H-pyrrole nitrogens is 1. The molecule has 0 amide bonds. The van der Waals surface area contributed by atoms with Crippen LogP contribution in [0.25, 0.3) is 16.6 Å². The highest BCUT2D eigenvalue weighted by atomic mass is 35.5. The fourth-order valence-electron chi connectivity index (χ4n) is 5.80. The first kappa shape index (κ1) is 28.0. The van der Waals surface area contributed by atoms with Gasteiger partial charge in [-0.25, -0.2) is 9.07 Å². The van der Waals surface area contributed by atoms with E-state index in [-0.39, 0.29) is 28.9 Å². The van der Waals surface area contributed by atoms with Gasteiger partial charge in [-0.3, -0.25) is 4.79 Å². The lowest BCUT2D eigenvalue weighted by atomic mass is 9.88. The number of fused-ring (bicyclic) bond motifs is 1. The Morgan fingerprint density at radius 2 is 1.86 bits per heavy atom. The topological polar surface area (TPSA) is 89.2 Å². The number of anilines is 1. The van der Waals surface area contributed by atoms with E-state index in [1.54, 1.807) is 18.2 Å². The maximum atomic E-state index is 15.2. The first-order valence-electron chi connectivity index (χ1n) is 14.2. The van der Waals surface area contributed by atoms with E-state index in [9.17, 15) is 4.79 Å². The van der Waals surface area contributed by atoms with E-state index in [1.165, 1.54) is 16.9 Å². The van der Waals surface area contributed by atoms with Crippen LogP contribution in [0.1, 0.15) is 59.8 Å². The van der Waals surface area contributed by atoms with E-state index in [0.29, 0.717) is 33.8 Å². The van der Waals surface area contributed by atoms with Gasteiger partial charge < -0.3 is 20.4 Å². The Hall–Kier alpha value is -4.14. The van der Waals surface area contributed by atoms with Crippen molar-refractivity contribution in [2.75, 3.05) is 18.8 Å². The molecule has 3 heterocycles. The number of nitrogens with one attached hydrogen (secondary N) is 1. The summed E-state index contributed by atoms with van der Waals surface area (Å²) in [4.78, 5) is 19.0. The number of piperidine rings is 1. The minimum atomic E-state index is -0.305. The van der Waals surface area contributed by atoms with Crippen molar-refractivity contribution < 1.29 is 13.9 Å². The second kappa shape index (κ2) is 11.3. The van der Waals surface area contributed by atoms with Gasteiger partial charge in [0.15, 0.2) is 0 Å². The fourth-order valence-corrected chi connectivity index (χ4v) is 5.98. The van der Waals surface area contributed by atoms with Crippen LogP contribution < -0.4 is 10.5 Å². The zero-order valence-corrected chi connectivity index (χ0v) is 24.6. The summed E-state index contributed by atoms with van der Waals surface area (Å²) < 4.78 is 22.7. The van der Waals surface area contributed by atoms with Crippen molar-refractivity contribution in [3.8, 4) is 17.2 Å². The number of ketones is 1. The van der Waals surface area contributed by atoms with Gasteiger partial charge in [-0.05, 0) is 118 Å². The summed E-state index contributed by atoms with van der Waals surface area (Å²) in [5.74, 6) is 1.10. The molecule has 42 heavy (non-hydrogen) atoms. The molecule has 1 aliphatic heterocycles. The van der Waals surface area contributed by atoms with E-state index < -0.39 is 0 Å². The van der Waals surface area contributed by atoms with Crippen LogP contribution in [0.2, 0.25) is 5.02 Å². The molecule has 1 fully saturated rings. The van der Waals surface area contributed by atoms with Crippen LogP contribution >= 0.6 is 11.6 Å². The SMILES string of the molecule is Cc1cc(Oc2cccc(Cl)c2)ccc1-n1ncc(C(=O)c2cc3cc(C4CCN(C(C)C)CC4)c(F)cc3[nH]2)c1N. The Labute approximate surface area is 249 Å². The lowest BCUT2D eigenvalue weighted by Gasteiger charge is -2.34. The molecule has 216 valence electrons. The number of rotatable bonds is 7. The van der Waals surface area contributed by atoms with Crippen molar-refractivity contribution in [2.24, 2.45) is 0 Å². The Morgan fingerprint density at radius 1 is 1.10 bits per heavy atom. The summed E-state index contributed by atoms with van der Waals surface area (Å²) in [6.45, 7) is 8.21. The van der Waals surface area contributed by atoms with Gasteiger partial charge in [-0.15, -0.1) is 0 Å². The third-order valence-corrected chi connectivity index (χ3v) is 8.40. The molecule has 1 saturated heterocycles. The fraction of sp³-hybridized carbons (Fsp3) is 0.273. The van der Waals surface area contributed by atoms with Gasteiger partial charge in [0.25, 0.3) is 0 Å². The van der Waals surface area contributed by atoms with Crippen molar-refractivity contribution >= 4 is 34.1 Å². The number of benzene rings is 3. The minimum Gasteiger partial charge on any atom is -0.457 e. The molecule has 0 spiro atoms. The van der Waals surface area contributed by atoms with Crippen molar-refractivity contribution in [2.45, 2.75) is 45.6 Å². The monoisotopic (exact) mass is 585 g/mol. The van der Waals surface area contributed by atoms with Crippen molar-refractivity contribution in [1.29, 1.82) is 0 Å². The van der Waals surface area contributed by atoms with Gasteiger partial charge >= 0.3 is 0 Å². The van der Waals surface area contributed by atoms with Crippen molar-refractivity contribution in [1.82, 2.24) is 19.7 Å². The number of halogens is 2. The zero-order chi connectivity index (χ0) is 29.5. The van der Waals surface area contributed by atoms with Crippen LogP contribution in [-0.2, 0) is 0 Å². The van der Waals surface area contributed by atoms with Gasteiger partial charge in [-0.2, -0.15) is 5.10 Å². The highest BCUT2D eigenvalue weighted by Gasteiger charge is 2.26. The van der Waals surface area contributed by atoms with Crippen LogP contribution in [0.3, 0.4) is 0 Å². The number of nitrogen functional groups attached to an aromatic ring is 1. The molecule has 5 aromatic rings. The Kier molecular flexibility index (Phi) is 7.51. The Morgan fingerprint density at radius 3 is 2.57 bits per heavy atom. The van der Waals surface area contributed by atoms with Gasteiger partial charge in [-0.1, -0.05) is 17.7 Å². The Balaban J connectivity index is 1.23. The number of likely N-dealkylation sites (tertiary alicyclic amines) is 1. The number of carbonyl (C=O) groups is 1. The van der Waals surface area contributed by atoms with E-state index in [0.717, 1.165) is 48.1 Å². The summed E-state index contributed by atoms with van der Waals surface area (Å²) in [6.07, 6.45) is 3.30.